The Balaban J connectivity index is 0.000000153. The lowest BCUT2D eigenvalue weighted by Crippen LogP contribution is -2.00. The van der Waals surface area contributed by atoms with Crippen LogP contribution in [0.5, 0.6) is 0 Å². The molecular weight excluding hydrogens is 1260 g/mol. The topological polar surface area (TPSA) is 116 Å². The fourth-order valence-corrected chi connectivity index (χ4v) is 13.5. The summed E-state index contributed by atoms with van der Waals surface area (Å²) in [5.41, 5.74) is 26.2. The predicted molar refractivity (Wildman–Crippen MR) is 422 cm³/mol. The van der Waals surface area contributed by atoms with Crippen LogP contribution in [0.4, 0.5) is 0 Å². The molecule has 18 rings (SSSR count). The highest BCUT2D eigenvalue weighted by Crippen LogP contribution is 2.39. The van der Waals surface area contributed by atoms with Gasteiger partial charge in [0.05, 0.1) is 44.8 Å². The molecule has 0 saturated heterocycles. The third-order valence-corrected chi connectivity index (χ3v) is 18.8. The molecule has 486 valence electrons. The van der Waals surface area contributed by atoms with Gasteiger partial charge in [-0.25, -0.2) is 34.9 Å². The lowest BCUT2D eigenvalue weighted by Gasteiger charge is -2.14. The van der Waals surface area contributed by atoms with Crippen LogP contribution in [-0.2, 0) is 6.42 Å². The highest BCUT2D eigenvalue weighted by molar-refractivity contribution is 6.10. The Hall–Kier alpha value is -13.6. The molecule has 18 aromatic rings. The number of aromatic nitrogens is 9. The lowest BCUT2D eigenvalue weighted by molar-refractivity contribution is 1.06. The molecule has 0 aliphatic rings. The SMILES string of the molecule is CCc1cc(-c2cccc(-c3nc(-c4ccccc4)cc(-c4ccc(-c5ccccc5)cc4)n3)c2)c2ccc3ccc(-c4ccccc4)nc3c2n1.Cc1cc(-c2cccc(-c3nc(-c4ccccc4)nc(-c4ccc(-c5ccccc5)cc4)n3)c2)c2ccc3ccc(-c4ccccc4)nc3c2n1. The molecule has 0 N–H and O–H groups in total. The molecule has 6 heterocycles. The van der Waals surface area contributed by atoms with E-state index in [9.17, 15) is 0 Å². The molecule has 0 fully saturated rings. The largest absolute Gasteiger partial charge is 0.251 e. The van der Waals surface area contributed by atoms with Gasteiger partial charge in [0.2, 0.25) is 0 Å². The Morgan fingerprint density at radius 3 is 0.981 bits per heavy atom. The quantitative estimate of drug-likeness (QED) is 0.104. The van der Waals surface area contributed by atoms with E-state index in [2.05, 4.69) is 256 Å². The Kier molecular flexibility index (Phi) is 17.1. The zero-order valence-electron chi connectivity index (χ0n) is 56.6. The highest BCUT2D eigenvalue weighted by Gasteiger charge is 2.20. The van der Waals surface area contributed by atoms with E-state index in [0.29, 0.717) is 23.3 Å². The molecule has 0 unspecified atom stereocenters. The average Bonchev–Trinajstić information content (AvgIpc) is 0.760. The van der Waals surface area contributed by atoms with Crippen molar-refractivity contribution in [3.8, 4) is 135 Å². The molecule has 12 aromatic carbocycles. The molecule has 0 bridgehead atoms. The van der Waals surface area contributed by atoms with Crippen molar-refractivity contribution in [2.45, 2.75) is 20.3 Å². The highest BCUT2D eigenvalue weighted by atomic mass is 15.0. The fourth-order valence-electron chi connectivity index (χ4n) is 13.5. The summed E-state index contributed by atoms with van der Waals surface area (Å²) >= 11 is 0. The summed E-state index contributed by atoms with van der Waals surface area (Å²) in [4.78, 5) is 45.8. The summed E-state index contributed by atoms with van der Waals surface area (Å²) in [5, 5.41) is 4.24. The zero-order valence-corrected chi connectivity index (χ0v) is 56.6. The predicted octanol–water partition coefficient (Wildman–Crippen LogP) is 23.4. The Labute approximate surface area is 597 Å². The first-order chi connectivity index (χ1) is 50.9. The van der Waals surface area contributed by atoms with Gasteiger partial charge >= 0.3 is 0 Å². The maximum Gasteiger partial charge on any atom is 0.164 e. The van der Waals surface area contributed by atoms with Crippen LogP contribution in [-0.4, -0.2) is 44.9 Å². The second-order valence-electron chi connectivity index (χ2n) is 25.6. The van der Waals surface area contributed by atoms with Crippen LogP contribution in [0.3, 0.4) is 0 Å². The lowest BCUT2D eigenvalue weighted by atomic mass is 9.96. The van der Waals surface area contributed by atoms with Gasteiger partial charge in [-0.05, 0) is 100 Å². The van der Waals surface area contributed by atoms with Gasteiger partial charge in [0.1, 0.15) is 0 Å². The number of hydrogen-bond donors (Lipinski definition) is 0. The van der Waals surface area contributed by atoms with Gasteiger partial charge in [-0.1, -0.05) is 310 Å². The van der Waals surface area contributed by atoms with Gasteiger partial charge in [0.15, 0.2) is 23.3 Å². The van der Waals surface area contributed by atoms with Gasteiger partial charge in [-0.3, -0.25) is 9.97 Å². The Morgan fingerprint density at radius 1 is 0.204 bits per heavy atom. The van der Waals surface area contributed by atoms with Gasteiger partial charge in [0.25, 0.3) is 0 Å². The van der Waals surface area contributed by atoms with E-state index in [0.717, 1.165) is 157 Å². The van der Waals surface area contributed by atoms with Crippen LogP contribution < -0.4 is 0 Å². The van der Waals surface area contributed by atoms with Crippen molar-refractivity contribution < 1.29 is 0 Å². The van der Waals surface area contributed by atoms with E-state index in [-0.39, 0.29) is 0 Å². The van der Waals surface area contributed by atoms with Crippen LogP contribution in [0.15, 0.2) is 346 Å². The van der Waals surface area contributed by atoms with Crippen molar-refractivity contribution in [2.75, 3.05) is 0 Å². The summed E-state index contributed by atoms with van der Waals surface area (Å²) < 4.78 is 0. The molecule has 103 heavy (non-hydrogen) atoms. The number of hydrogen-bond acceptors (Lipinski definition) is 9. The summed E-state index contributed by atoms with van der Waals surface area (Å²) in [6.45, 7) is 4.19. The van der Waals surface area contributed by atoms with Gasteiger partial charge in [-0.2, -0.15) is 0 Å². The van der Waals surface area contributed by atoms with Crippen molar-refractivity contribution in [1.29, 1.82) is 0 Å². The van der Waals surface area contributed by atoms with E-state index in [1.165, 1.54) is 16.7 Å². The van der Waals surface area contributed by atoms with Crippen LogP contribution in [0.2, 0.25) is 0 Å². The Morgan fingerprint density at radius 2 is 0.524 bits per heavy atom. The van der Waals surface area contributed by atoms with Gasteiger partial charge < -0.3 is 0 Å². The first kappa shape index (κ1) is 62.9. The maximum absolute atomic E-state index is 5.18. The second kappa shape index (κ2) is 27.9. The van der Waals surface area contributed by atoms with Crippen molar-refractivity contribution in [1.82, 2.24) is 44.9 Å². The third kappa shape index (κ3) is 13.1. The molecule has 0 aliphatic carbocycles. The van der Waals surface area contributed by atoms with Crippen LogP contribution in [0.25, 0.3) is 179 Å². The average molecular weight is 1320 g/mol. The maximum atomic E-state index is 5.18. The molecule has 6 aromatic heterocycles. The van der Waals surface area contributed by atoms with Crippen molar-refractivity contribution in [3.63, 3.8) is 0 Å². The van der Waals surface area contributed by atoms with E-state index < -0.39 is 0 Å². The molecule has 9 heteroatoms. The Bertz CT molecular complexity index is 6120. The normalized spacial score (nSPS) is 11.2. The van der Waals surface area contributed by atoms with E-state index in [1.54, 1.807) is 0 Å². The molecule has 0 amide bonds. The van der Waals surface area contributed by atoms with Gasteiger partial charge in [-0.15, -0.1) is 0 Å². The van der Waals surface area contributed by atoms with Crippen LogP contribution in [0.1, 0.15) is 18.3 Å². The zero-order chi connectivity index (χ0) is 69.0. The minimum absolute atomic E-state index is 0.613. The second-order valence-corrected chi connectivity index (χ2v) is 25.6. The molecule has 0 saturated carbocycles. The summed E-state index contributed by atoms with van der Waals surface area (Å²) in [6.07, 6.45) is 0.812. The minimum Gasteiger partial charge on any atom is -0.251 e. The number of fused-ring (bicyclic) bond motifs is 6. The first-order valence-electron chi connectivity index (χ1n) is 34.7. The third-order valence-electron chi connectivity index (χ3n) is 18.8. The molecule has 9 nitrogen and oxygen atoms in total. The number of rotatable bonds is 13. The molecule has 0 spiro atoms. The van der Waals surface area contributed by atoms with E-state index in [4.69, 9.17) is 44.9 Å². The van der Waals surface area contributed by atoms with E-state index in [1.807, 2.05) is 104 Å². The number of benzene rings is 12. The van der Waals surface area contributed by atoms with Crippen LogP contribution >= 0.6 is 0 Å². The fraction of sp³-hybridized carbons (Fsp3) is 0.0319. The number of nitrogens with zero attached hydrogens (tertiary/aromatic N) is 9. The van der Waals surface area contributed by atoms with Gasteiger partial charge in [0, 0.05) is 77.4 Å². The molecular formula is C94H65N9. The van der Waals surface area contributed by atoms with Crippen LogP contribution in [0, 0.1) is 6.92 Å². The first-order valence-corrected chi connectivity index (χ1v) is 34.7. The van der Waals surface area contributed by atoms with Crippen molar-refractivity contribution >= 4 is 43.6 Å². The summed E-state index contributed by atoms with van der Waals surface area (Å²) in [5.74, 6) is 2.55. The molecule has 0 radical (unpaired) electrons. The van der Waals surface area contributed by atoms with Crippen molar-refractivity contribution in [3.05, 3.63) is 357 Å². The summed E-state index contributed by atoms with van der Waals surface area (Å²) in [6, 6.07) is 119. The number of pyridine rings is 4. The van der Waals surface area contributed by atoms with Crippen molar-refractivity contribution in [2.24, 2.45) is 0 Å². The summed E-state index contributed by atoms with van der Waals surface area (Å²) in [7, 11) is 0. The number of aryl methyl sites for hydroxylation is 2. The molecule has 0 aliphatic heterocycles. The smallest absolute Gasteiger partial charge is 0.164 e. The minimum atomic E-state index is 0.613. The monoisotopic (exact) mass is 1320 g/mol. The standard InChI is InChI=1S/C48H34N4.C46H31N5/c1-2-40-30-42(41-27-25-37-26-28-43(34-15-8-4-9-16-34)50-46(37)47(41)49-40)38-19-12-20-39(29-38)48-51-44(35-17-10-5-11-18-35)31-45(52-48)36-23-21-33(22-24-36)32-13-6-3-7-14-32;1-30-28-40(39-26-24-34-25-27-41(33-14-7-3-8-15-33)48-42(34)43(39)47-30)37-18-11-19-38(29-37)46-50-44(35-16-9-4-10-17-35)49-45(51-46)36-22-20-32(21-23-36)31-12-5-2-6-13-31/h3-31H,2H2,1H3;2-29H,1H3. The molecule has 0 atom stereocenters. The van der Waals surface area contributed by atoms with E-state index >= 15 is 0 Å².